The molecule has 362 valence electrons. The molecule has 0 spiro atoms. The molecule has 0 aliphatic rings. The number of para-hydroxylation sites is 1. The van der Waals surface area contributed by atoms with Gasteiger partial charge in [0.05, 0.1) is 11.4 Å². The number of hydrogen-bond donors (Lipinski definition) is 0. The zero-order valence-electron chi connectivity index (χ0n) is 42.2. The molecule has 77 heavy (non-hydrogen) atoms. The van der Waals surface area contributed by atoms with Crippen LogP contribution in [0.3, 0.4) is 0 Å². The van der Waals surface area contributed by atoms with Gasteiger partial charge in [0.2, 0.25) is 0 Å². The van der Waals surface area contributed by atoms with Gasteiger partial charge in [-0.2, -0.15) is 0 Å². The Hall–Kier alpha value is -9.80. The van der Waals surface area contributed by atoms with Gasteiger partial charge in [-0.25, -0.2) is 0 Å². The zero-order chi connectivity index (χ0) is 51.1. The lowest BCUT2D eigenvalue weighted by atomic mass is 9.97. The molecular weight excluding hydrogens is 949 g/mol. The Morgan fingerprint density at radius 3 is 1.27 bits per heavy atom. The maximum absolute atomic E-state index is 2.46. The molecule has 0 aliphatic heterocycles. The van der Waals surface area contributed by atoms with E-state index >= 15 is 0 Å². The summed E-state index contributed by atoms with van der Waals surface area (Å²) in [5.74, 6) is 0. The normalized spacial score (nSPS) is 11.4. The molecule has 0 saturated carbocycles. The third-order valence-electron chi connectivity index (χ3n) is 15.1. The Labute approximate surface area is 453 Å². The van der Waals surface area contributed by atoms with Crippen LogP contribution in [-0.4, -0.2) is 0 Å². The van der Waals surface area contributed by atoms with Crippen LogP contribution in [-0.2, 0) is 0 Å². The maximum Gasteiger partial charge on any atom is 0.0554 e. The summed E-state index contributed by atoms with van der Waals surface area (Å²) in [5.41, 5.74) is 18.3. The Morgan fingerprint density at radius 1 is 0.234 bits per heavy atom. The first kappa shape index (κ1) is 45.8. The monoisotopic (exact) mass is 998 g/mol. The van der Waals surface area contributed by atoms with Crippen LogP contribution in [0.15, 0.2) is 303 Å². The average Bonchev–Trinajstić information content (AvgIpc) is 3.92. The average molecular weight is 999 g/mol. The van der Waals surface area contributed by atoms with E-state index < -0.39 is 0 Å². The van der Waals surface area contributed by atoms with Crippen molar-refractivity contribution in [1.82, 2.24) is 0 Å². The first-order chi connectivity index (χ1) is 38.2. The van der Waals surface area contributed by atoms with E-state index in [1.807, 2.05) is 11.3 Å². The number of nitrogens with zero attached hydrogens (tertiary/aromatic N) is 2. The summed E-state index contributed by atoms with van der Waals surface area (Å²) in [6.07, 6.45) is 0. The molecule has 14 aromatic rings. The number of rotatable bonds is 11. The minimum atomic E-state index is 1.07. The summed E-state index contributed by atoms with van der Waals surface area (Å²) in [5, 5.41) is 7.52. The standard InChI is InChI=1S/C74H50N2S/c1-3-17-51(18-4-1)53-35-37-54(38-36-53)56-41-46-62(47-42-56)76(71-33-16-34-72-73(71)69-48-43-58-22-8-10-30-68(58)74(69)77-72)64-27-14-25-60(50-64)67-29-11-12-32-70(67)75(61-44-39-55(40-45-61)52-19-5-2-6-20-52)63-26-13-24-59(49-63)66-31-15-23-57-21-7-9-28-65(57)66/h1-50H. The van der Waals surface area contributed by atoms with Crippen molar-refractivity contribution in [2.75, 3.05) is 9.80 Å². The lowest BCUT2D eigenvalue weighted by Crippen LogP contribution is -2.12. The third-order valence-corrected chi connectivity index (χ3v) is 16.3. The van der Waals surface area contributed by atoms with Crippen molar-refractivity contribution in [3.8, 4) is 55.6 Å². The van der Waals surface area contributed by atoms with Crippen molar-refractivity contribution in [3.63, 3.8) is 0 Å². The van der Waals surface area contributed by atoms with Crippen molar-refractivity contribution in [1.29, 1.82) is 0 Å². The quantitative estimate of drug-likeness (QED) is 0.127. The third kappa shape index (κ3) is 8.59. The molecule has 3 heteroatoms. The summed E-state index contributed by atoms with van der Waals surface area (Å²) in [4.78, 5) is 4.89. The van der Waals surface area contributed by atoms with Gasteiger partial charge in [-0.05, 0) is 138 Å². The topological polar surface area (TPSA) is 6.48 Å². The molecule has 0 atom stereocenters. The van der Waals surface area contributed by atoms with E-state index in [2.05, 4.69) is 313 Å². The molecule has 0 saturated heterocycles. The molecule has 0 amide bonds. The van der Waals surface area contributed by atoms with E-state index in [1.54, 1.807) is 0 Å². The fourth-order valence-corrected chi connectivity index (χ4v) is 12.6. The molecule has 0 bridgehead atoms. The van der Waals surface area contributed by atoms with Crippen LogP contribution < -0.4 is 9.80 Å². The van der Waals surface area contributed by atoms with Gasteiger partial charge in [-0.1, -0.05) is 237 Å². The number of thiophene rings is 1. The minimum absolute atomic E-state index is 1.07. The minimum Gasteiger partial charge on any atom is -0.310 e. The van der Waals surface area contributed by atoms with Crippen LogP contribution in [0.4, 0.5) is 34.1 Å². The molecule has 0 N–H and O–H groups in total. The van der Waals surface area contributed by atoms with Gasteiger partial charge >= 0.3 is 0 Å². The van der Waals surface area contributed by atoms with Gasteiger partial charge in [0.1, 0.15) is 0 Å². The molecule has 14 rings (SSSR count). The number of anilines is 6. The summed E-state index contributed by atoms with van der Waals surface area (Å²) in [7, 11) is 0. The fourth-order valence-electron chi connectivity index (χ4n) is 11.3. The first-order valence-electron chi connectivity index (χ1n) is 26.3. The highest BCUT2D eigenvalue weighted by molar-refractivity contribution is 7.26. The van der Waals surface area contributed by atoms with Crippen molar-refractivity contribution in [3.05, 3.63) is 303 Å². The van der Waals surface area contributed by atoms with E-state index in [9.17, 15) is 0 Å². The van der Waals surface area contributed by atoms with Gasteiger partial charge in [-0.15, -0.1) is 11.3 Å². The lowest BCUT2D eigenvalue weighted by Gasteiger charge is -2.29. The molecule has 1 aromatic heterocycles. The van der Waals surface area contributed by atoms with E-state index in [1.165, 1.54) is 86.2 Å². The predicted molar refractivity (Wildman–Crippen MR) is 331 cm³/mol. The highest BCUT2D eigenvalue weighted by atomic mass is 32.1. The van der Waals surface area contributed by atoms with Gasteiger partial charge in [0.15, 0.2) is 0 Å². The number of hydrogen-bond acceptors (Lipinski definition) is 3. The molecule has 1 heterocycles. The Balaban J connectivity index is 0.919. The molecule has 0 radical (unpaired) electrons. The SMILES string of the molecule is c1ccc(-c2ccc(-c3ccc(N(c4cccc(-c5ccccc5N(c5ccc(-c6ccccc6)cc5)c5cccc(-c6cccc7ccccc67)c5)c4)c4cccc5sc6c7ccccc7ccc6c45)cc3)cc2)cc1. The molecule has 0 unspecified atom stereocenters. The fraction of sp³-hybridized carbons (Fsp3) is 0. The van der Waals surface area contributed by atoms with Crippen LogP contribution >= 0.6 is 11.3 Å². The van der Waals surface area contributed by atoms with E-state index in [4.69, 9.17) is 0 Å². The van der Waals surface area contributed by atoms with E-state index in [0.717, 1.165) is 45.3 Å². The molecule has 0 aliphatic carbocycles. The number of benzene rings is 13. The zero-order valence-corrected chi connectivity index (χ0v) is 43.0. The Bertz CT molecular complexity index is 4420. The van der Waals surface area contributed by atoms with Crippen LogP contribution in [0.5, 0.6) is 0 Å². The summed E-state index contributed by atoms with van der Waals surface area (Å²) in [6.45, 7) is 0. The van der Waals surface area contributed by atoms with Crippen LogP contribution in [0.25, 0.3) is 97.4 Å². The smallest absolute Gasteiger partial charge is 0.0554 e. The van der Waals surface area contributed by atoms with Crippen LogP contribution in [0.1, 0.15) is 0 Å². The molecule has 13 aromatic carbocycles. The van der Waals surface area contributed by atoms with Gasteiger partial charge in [0, 0.05) is 48.5 Å². The van der Waals surface area contributed by atoms with E-state index in [-0.39, 0.29) is 0 Å². The van der Waals surface area contributed by atoms with E-state index in [0.29, 0.717) is 0 Å². The second kappa shape index (κ2) is 19.8. The maximum atomic E-state index is 2.46. The second-order valence-corrected chi connectivity index (χ2v) is 20.7. The summed E-state index contributed by atoms with van der Waals surface area (Å²) in [6, 6.07) is 111. The number of fused-ring (bicyclic) bond motifs is 6. The van der Waals surface area contributed by atoms with Gasteiger partial charge in [-0.3, -0.25) is 0 Å². The van der Waals surface area contributed by atoms with Crippen molar-refractivity contribution in [2.24, 2.45) is 0 Å². The summed E-state index contributed by atoms with van der Waals surface area (Å²) >= 11 is 1.88. The van der Waals surface area contributed by atoms with Crippen LogP contribution in [0, 0.1) is 0 Å². The Morgan fingerprint density at radius 2 is 0.649 bits per heavy atom. The van der Waals surface area contributed by atoms with Crippen molar-refractivity contribution >= 4 is 87.2 Å². The molecule has 0 fully saturated rings. The van der Waals surface area contributed by atoms with Crippen LogP contribution in [0.2, 0.25) is 0 Å². The summed E-state index contributed by atoms with van der Waals surface area (Å²) < 4.78 is 2.57. The van der Waals surface area contributed by atoms with Crippen molar-refractivity contribution in [2.45, 2.75) is 0 Å². The largest absolute Gasteiger partial charge is 0.310 e. The Kier molecular flexibility index (Phi) is 11.8. The van der Waals surface area contributed by atoms with Gasteiger partial charge in [0.25, 0.3) is 0 Å². The first-order valence-corrected chi connectivity index (χ1v) is 27.1. The highest BCUT2D eigenvalue weighted by Gasteiger charge is 2.23. The van der Waals surface area contributed by atoms with Crippen molar-refractivity contribution < 1.29 is 0 Å². The second-order valence-electron chi connectivity index (χ2n) is 19.6. The highest BCUT2D eigenvalue weighted by Crippen LogP contribution is 2.49. The molecule has 2 nitrogen and oxygen atoms in total. The van der Waals surface area contributed by atoms with Gasteiger partial charge < -0.3 is 9.80 Å². The lowest BCUT2D eigenvalue weighted by molar-refractivity contribution is 1.28. The molecular formula is C74H50N2S. The predicted octanol–water partition coefficient (Wildman–Crippen LogP) is 21.6.